The van der Waals surface area contributed by atoms with Crippen LogP contribution in [0.3, 0.4) is 0 Å². The van der Waals surface area contributed by atoms with Gasteiger partial charge in [-0.2, -0.15) is 0 Å². The summed E-state index contributed by atoms with van der Waals surface area (Å²) in [7, 11) is 0. The number of hydrogen-bond donors (Lipinski definition) is 1. The van der Waals surface area contributed by atoms with Crippen molar-refractivity contribution in [3.05, 3.63) is 0 Å². The van der Waals surface area contributed by atoms with Crippen LogP contribution in [-0.4, -0.2) is 12.5 Å². The lowest BCUT2D eigenvalue weighted by Gasteiger charge is -2.62. The highest BCUT2D eigenvalue weighted by Gasteiger charge is 2.67. The molecule has 0 aromatic heterocycles. The maximum absolute atomic E-state index is 15.4. The van der Waals surface area contributed by atoms with Crippen molar-refractivity contribution in [1.29, 1.82) is 0 Å². The van der Waals surface area contributed by atoms with E-state index < -0.39 is 5.92 Å². The minimum atomic E-state index is -2.44. The highest BCUT2D eigenvalue weighted by molar-refractivity contribution is 5.12. The van der Waals surface area contributed by atoms with Crippen LogP contribution >= 0.6 is 0 Å². The molecule has 0 heterocycles. The largest absolute Gasteiger partial charge is 0.330 e. The van der Waals surface area contributed by atoms with Crippen LogP contribution in [0.4, 0.5) is 8.78 Å². The van der Waals surface area contributed by atoms with Crippen LogP contribution in [0.25, 0.3) is 0 Å². The first kappa shape index (κ1) is 21.5. The smallest absolute Gasteiger partial charge is 0.251 e. The van der Waals surface area contributed by atoms with Gasteiger partial charge in [-0.25, -0.2) is 8.78 Å². The fraction of sp³-hybridized carbons (Fsp3) is 1.00. The second-order valence-corrected chi connectivity index (χ2v) is 10.4. The van der Waals surface area contributed by atoms with Crippen LogP contribution in [0.1, 0.15) is 98.3 Å². The van der Waals surface area contributed by atoms with Crippen molar-refractivity contribution in [1.82, 2.24) is 0 Å². The van der Waals surface area contributed by atoms with Gasteiger partial charge in [0.05, 0.1) is 0 Å². The van der Waals surface area contributed by atoms with E-state index in [9.17, 15) is 0 Å². The van der Waals surface area contributed by atoms with Gasteiger partial charge >= 0.3 is 0 Å². The quantitative estimate of drug-likeness (QED) is 0.555. The third kappa shape index (κ3) is 3.38. The molecule has 3 heteroatoms. The highest BCUT2D eigenvalue weighted by atomic mass is 19.3. The highest BCUT2D eigenvalue weighted by Crippen LogP contribution is 2.70. The minimum absolute atomic E-state index is 0.137. The Morgan fingerprint density at radius 1 is 0.889 bits per heavy atom. The van der Waals surface area contributed by atoms with E-state index in [4.69, 9.17) is 5.73 Å². The number of fused-ring (bicyclic) bond motifs is 5. The zero-order chi connectivity index (χ0) is 19.9. The molecular formula is C24H43F2N. The van der Waals surface area contributed by atoms with E-state index in [2.05, 4.69) is 13.8 Å². The lowest BCUT2D eigenvalue weighted by molar-refractivity contribution is -0.231. The molecule has 0 aromatic carbocycles. The molecule has 4 fully saturated rings. The monoisotopic (exact) mass is 383 g/mol. The molecule has 4 rings (SSSR count). The summed E-state index contributed by atoms with van der Waals surface area (Å²) < 4.78 is 30.9. The Morgan fingerprint density at radius 2 is 1.59 bits per heavy atom. The molecule has 158 valence electrons. The van der Waals surface area contributed by atoms with Crippen molar-refractivity contribution in [2.24, 2.45) is 46.2 Å². The van der Waals surface area contributed by atoms with E-state index in [0.717, 1.165) is 51.5 Å². The molecule has 0 radical (unpaired) electrons. The second-order valence-electron chi connectivity index (χ2n) is 10.4. The molecule has 7 atom stereocenters. The van der Waals surface area contributed by atoms with Crippen LogP contribution in [0.5, 0.6) is 0 Å². The molecule has 2 N–H and O–H groups in total. The van der Waals surface area contributed by atoms with Crippen molar-refractivity contribution >= 4 is 0 Å². The Bertz CT molecular complexity index is 507. The Morgan fingerprint density at radius 3 is 2.30 bits per heavy atom. The van der Waals surface area contributed by atoms with Gasteiger partial charge in [-0.05, 0) is 92.4 Å². The zero-order valence-electron chi connectivity index (χ0n) is 18.2. The average molecular weight is 384 g/mol. The van der Waals surface area contributed by atoms with Gasteiger partial charge in [-0.15, -0.1) is 0 Å². The SMILES string of the molecule is CC.CC12CCC3C(C1CCC2CCCN)C(F)(F)CC1CCCCC13C. The average Bonchev–Trinajstić information content (AvgIpc) is 2.98. The first-order valence-electron chi connectivity index (χ1n) is 11.9. The zero-order valence-corrected chi connectivity index (χ0v) is 18.2. The van der Waals surface area contributed by atoms with E-state index in [-0.39, 0.29) is 40.9 Å². The normalized spacial score (nSPS) is 47.9. The summed E-state index contributed by atoms with van der Waals surface area (Å²) in [5, 5.41) is 0. The number of rotatable bonds is 3. The van der Waals surface area contributed by atoms with Gasteiger partial charge in [0.25, 0.3) is 5.92 Å². The van der Waals surface area contributed by atoms with Crippen molar-refractivity contribution in [3.8, 4) is 0 Å². The molecule has 4 aliphatic carbocycles. The summed E-state index contributed by atoms with van der Waals surface area (Å²) in [6, 6.07) is 0. The van der Waals surface area contributed by atoms with Gasteiger partial charge in [-0.3, -0.25) is 0 Å². The van der Waals surface area contributed by atoms with Crippen molar-refractivity contribution in [3.63, 3.8) is 0 Å². The van der Waals surface area contributed by atoms with Crippen LogP contribution in [-0.2, 0) is 0 Å². The van der Waals surface area contributed by atoms with Crippen LogP contribution in [0.15, 0.2) is 0 Å². The minimum Gasteiger partial charge on any atom is -0.330 e. The molecule has 4 aliphatic rings. The molecule has 0 aliphatic heterocycles. The maximum atomic E-state index is 15.4. The molecule has 0 saturated heterocycles. The van der Waals surface area contributed by atoms with Gasteiger partial charge in [-0.1, -0.05) is 40.5 Å². The topological polar surface area (TPSA) is 26.0 Å². The molecular weight excluding hydrogens is 340 g/mol. The molecule has 0 amide bonds. The summed E-state index contributed by atoms with van der Waals surface area (Å²) in [4.78, 5) is 0. The first-order chi connectivity index (χ1) is 12.8. The Kier molecular flexibility index (Phi) is 6.31. The van der Waals surface area contributed by atoms with E-state index >= 15 is 8.78 Å². The van der Waals surface area contributed by atoms with Gasteiger partial charge in [0.15, 0.2) is 0 Å². The second kappa shape index (κ2) is 7.92. The number of nitrogens with two attached hydrogens (primary N) is 1. The van der Waals surface area contributed by atoms with E-state index in [1.807, 2.05) is 13.8 Å². The van der Waals surface area contributed by atoms with Crippen LogP contribution < -0.4 is 5.73 Å². The van der Waals surface area contributed by atoms with Crippen molar-refractivity contribution < 1.29 is 8.78 Å². The van der Waals surface area contributed by atoms with Gasteiger partial charge < -0.3 is 5.73 Å². The molecule has 0 spiro atoms. The van der Waals surface area contributed by atoms with Gasteiger partial charge in [0.1, 0.15) is 0 Å². The lowest BCUT2D eigenvalue weighted by Crippen LogP contribution is -2.60. The molecule has 27 heavy (non-hydrogen) atoms. The Hall–Kier alpha value is -0.180. The predicted molar refractivity (Wildman–Crippen MR) is 110 cm³/mol. The summed E-state index contributed by atoms with van der Waals surface area (Å²) in [6.07, 6.45) is 11.4. The maximum Gasteiger partial charge on any atom is 0.251 e. The Labute approximate surface area is 166 Å². The molecule has 4 saturated carbocycles. The third-order valence-electron chi connectivity index (χ3n) is 9.53. The predicted octanol–water partition coefficient (Wildman–Crippen LogP) is 7.05. The van der Waals surface area contributed by atoms with Crippen LogP contribution in [0, 0.1) is 40.4 Å². The van der Waals surface area contributed by atoms with Crippen molar-refractivity contribution in [2.45, 2.75) is 104 Å². The fourth-order valence-electron chi connectivity index (χ4n) is 8.13. The van der Waals surface area contributed by atoms with E-state index in [0.29, 0.717) is 5.92 Å². The standard InChI is InChI=1S/C22H37F2N.C2H6/c1-20-11-4-3-6-16(20)14-22(23,24)19-17-9-8-15(7-5-13-25)21(17,2)12-10-18(19)20;1-2/h15-19H,3-14,25H2,1-2H3;1-2H3. The molecule has 0 bridgehead atoms. The van der Waals surface area contributed by atoms with E-state index in [1.165, 1.54) is 19.3 Å². The summed E-state index contributed by atoms with van der Waals surface area (Å²) in [6.45, 7) is 9.47. The molecule has 1 nitrogen and oxygen atoms in total. The third-order valence-corrected chi connectivity index (χ3v) is 9.53. The molecule has 7 unspecified atom stereocenters. The summed E-state index contributed by atoms with van der Waals surface area (Å²) in [5.41, 5.74) is 6.06. The van der Waals surface area contributed by atoms with Gasteiger partial charge in [0, 0.05) is 12.3 Å². The summed E-state index contributed by atoms with van der Waals surface area (Å²) >= 11 is 0. The lowest BCUT2D eigenvalue weighted by atomic mass is 9.44. The number of halogens is 2. The molecule has 0 aromatic rings. The van der Waals surface area contributed by atoms with Crippen LogP contribution in [0.2, 0.25) is 0 Å². The number of hydrogen-bond acceptors (Lipinski definition) is 1. The van der Waals surface area contributed by atoms with Gasteiger partial charge in [0.2, 0.25) is 0 Å². The first-order valence-corrected chi connectivity index (χ1v) is 11.9. The summed E-state index contributed by atoms with van der Waals surface area (Å²) in [5.74, 6) is -1.42. The Balaban J connectivity index is 0.00000102. The van der Waals surface area contributed by atoms with Crippen molar-refractivity contribution in [2.75, 3.05) is 6.54 Å². The fourth-order valence-corrected chi connectivity index (χ4v) is 8.13. The van der Waals surface area contributed by atoms with E-state index in [1.54, 1.807) is 0 Å². The number of alkyl halides is 2.